The summed E-state index contributed by atoms with van der Waals surface area (Å²) in [5.41, 5.74) is 0. The van der Waals surface area contributed by atoms with Gasteiger partial charge in [-0.2, -0.15) is 0 Å². The molecule has 0 amide bonds. The van der Waals surface area contributed by atoms with Crippen molar-refractivity contribution in [2.75, 3.05) is 5.32 Å². The molecule has 0 saturated heterocycles. The zero-order valence-corrected chi connectivity index (χ0v) is 12.4. The molecule has 2 aromatic heterocycles. The van der Waals surface area contributed by atoms with E-state index in [4.69, 9.17) is 4.42 Å². The van der Waals surface area contributed by atoms with Gasteiger partial charge in [0.1, 0.15) is 5.01 Å². The number of rotatable bonds is 6. The molecule has 0 spiro atoms. The molecule has 0 saturated carbocycles. The molecule has 0 aliphatic heterocycles. The minimum Gasteiger partial charge on any atom is -0.407 e. The Labute approximate surface area is 116 Å². The molecule has 0 aliphatic rings. The van der Waals surface area contributed by atoms with Crippen molar-refractivity contribution in [1.29, 1.82) is 0 Å². The van der Waals surface area contributed by atoms with Gasteiger partial charge in [0.05, 0.1) is 12.6 Å². The van der Waals surface area contributed by atoms with Crippen LogP contribution in [0.25, 0.3) is 0 Å². The molecule has 2 aromatic rings. The first kappa shape index (κ1) is 14.0. The molecule has 104 valence electrons. The van der Waals surface area contributed by atoms with Crippen LogP contribution in [0.15, 0.2) is 10.6 Å². The van der Waals surface area contributed by atoms with Gasteiger partial charge in [0.25, 0.3) is 0 Å². The topological polar surface area (TPSA) is 75.9 Å². The third-order valence-corrected chi connectivity index (χ3v) is 3.57. The van der Waals surface area contributed by atoms with Crippen LogP contribution < -0.4 is 10.6 Å². The predicted molar refractivity (Wildman–Crippen MR) is 75.2 cm³/mol. The second-order valence-electron chi connectivity index (χ2n) is 4.71. The number of nitrogens with one attached hydrogen (secondary N) is 2. The molecular formula is C12H19N5OS. The van der Waals surface area contributed by atoms with E-state index in [2.05, 4.69) is 39.7 Å². The maximum atomic E-state index is 5.51. The molecule has 0 aromatic carbocycles. The molecule has 0 radical (unpaired) electrons. The van der Waals surface area contributed by atoms with Gasteiger partial charge in [0, 0.05) is 17.1 Å². The summed E-state index contributed by atoms with van der Waals surface area (Å²) in [5, 5.41) is 15.4. The largest absolute Gasteiger partial charge is 0.407 e. The van der Waals surface area contributed by atoms with E-state index in [0.29, 0.717) is 24.5 Å². The fourth-order valence-corrected chi connectivity index (χ4v) is 2.27. The van der Waals surface area contributed by atoms with Crippen molar-refractivity contribution in [3.05, 3.63) is 22.0 Å². The van der Waals surface area contributed by atoms with Crippen LogP contribution in [-0.2, 0) is 6.54 Å². The predicted octanol–water partition coefficient (Wildman–Crippen LogP) is 2.51. The van der Waals surface area contributed by atoms with E-state index in [1.54, 1.807) is 11.3 Å². The Hall–Kier alpha value is -1.47. The third-order valence-electron chi connectivity index (χ3n) is 2.48. The Morgan fingerprint density at radius 1 is 1.32 bits per heavy atom. The second-order valence-corrected chi connectivity index (χ2v) is 5.98. The third kappa shape index (κ3) is 4.00. The van der Waals surface area contributed by atoms with Crippen LogP contribution in [0.2, 0.25) is 0 Å². The average molecular weight is 281 g/mol. The molecule has 1 unspecified atom stereocenters. The zero-order chi connectivity index (χ0) is 13.8. The SMILES string of the molecule is Cc1cnc(C(C)Nc2nnc(CNC(C)C)o2)s1. The summed E-state index contributed by atoms with van der Waals surface area (Å²) in [6.07, 6.45) is 1.87. The van der Waals surface area contributed by atoms with E-state index < -0.39 is 0 Å². The van der Waals surface area contributed by atoms with Gasteiger partial charge in [-0.3, -0.25) is 0 Å². The van der Waals surface area contributed by atoms with Crippen LogP contribution in [0.3, 0.4) is 0 Å². The van der Waals surface area contributed by atoms with Crippen molar-refractivity contribution in [2.45, 2.75) is 46.3 Å². The fourth-order valence-electron chi connectivity index (χ4n) is 1.49. The van der Waals surface area contributed by atoms with E-state index >= 15 is 0 Å². The lowest BCUT2D eigenvalue weighted by Crippen LogP contribution is -2.21. The zero-order valence-electron chi connectivity index (χ0n) is 11.6. The molecule has 2 rings (SSSR count). The summed E-state index contributed by atoms with van der Waals surface area (Å²) in [5.74, 6) is 0.582. The molecule has 2 N–H and O–H groups in total. The lowest BCUT2D eigenvalue weighted by Gasteiger charge is -2.07. The lowest BCUT2D eigenvalue weighted by atomic mass is 10.4. The highest BCUT2D eigenvalue weighted by Gasteiger charge is 2.13. The smallest absolute Gasteiger partial charge is 0.316 e. The molecule has 19 heavy (non-hydrogen) atoms. The first-order valence-electron chi connectivity index (χ1n) is 6.29. The van der Waals surface area contributed by atoms with E-state index in [1.807, 2.05) is 20.0 Å². The number of nitrogens with zero attached hydrogens (tertiary/aromatic N) is 3. The summed E-state index contributed by atoms with van der Waals surface area (Å²) >= 11 is 1.66. The summed E-state index contributed by atoms with van der Waals surface area (Å²) in [7, 11) is 0. The van der Waals surface area contributed by atoms with Crippen LogP contribution in [-0.4, -0.2) is 21.2 Å². The van der Waals surface area contributed by atoms with Gasteiger partial charge < -0.3 is 15.1 Å². The van der Waals surface area contributed by atoms with Gasteiger partial charge in [-0.25, -0.2) is 4.98 Å². The number of aryl methyl sites for hydroxylation is 1. The maximum absolute atomic E-state index is 5.51. The molecule has 0 bridgehead atoms. The number of anilines is 1. The highest BCUT2D eigenvalue weighted by molar-refractivity contribution is 7.11. The molecule has 0 fully saturated rings. The number of hydrogen-bond donors (Lipinski definition) is 2. The summed E-state index contributed by atoms with van der Waals surface area (Å²) in [6, 6.07) is 0.881. The quantitative estimate of drug-likeness (QED) is 0.847. The first-order valence-corrected chi connectivity index (χ1v) is 7.11. The van der Waals surface area contributed by atoms with Crippen molar-refractivity contribution < 1.29 is 4.42 Å². The molecule has 1 atom stereocenters. The summed E-state index contributed by atoms with van der Waals surface area (Å²) in [6.45, 7) is 8.78. The Morgan fingerprint density at radius 3 is 2.74 bits per heavy atom. The molecule has 6 nitrogen and oxygen atoms in total. The van der Waals surface area contributed by atoms with Gasteiger partial charge in [0.2, 0.25) is 5.89 Å². The number of thiazole rings is 1. The highest BCUT2D eigenvalue weighted by Crippen LogP contribution is 2.22. The summed E-state index contributed by atoms with van der Waals surface area (Å²) < 4.78 is 5.51. The molecular weight excluding hydrogens is 262 g/mol. The normalized spacial score (nSPS) is 12.9. The highest BCUT2D eigenvalue weighted by atomic mass is 32.1. The monoisotopic (exact) mass is 281 g/mol. The van der Waals surface area contributed by atoms with Crippen LogP contribution >= 0.6 is 11.3 Å². The van der Waals surface area contributed by atoms with Gasteiger partial charge in [-0.1, -0.05) is 18.9 Å². The van der Waals surface area contributed by atoms with Crippen molar-refractivity contribution >= 4 is 17.4 Å². The van der Waals surface area contributed by atoms with Gasteiger partial charge in [-0.15, -0.1) is 16.4 Å². The van der Waals surface area contributed by atoms with E-state index in [1.165, 1.54) is 4.88 Å². The number of aromatic nitrogens is 3. The second kappa shape index (κ2) is 6.12. The molecule has 7 heteroatoms. The van der Waals surface area contributed by atoms with E-state index in [-0.39, 0.29) is 6.04 Å². The van der Waals surface area contributed by atoms with Crippen molar-refractivity contribution in [3.8, 4) is 0 Å². The van der Waals surface area contributed by atoms with Crippen molar-refractivity contribution in [1.82, 2.24) is 20.5 Å². The minimum atomic E-state index is 0.0602. The Morgan fingerprint density at radius 2 is 2.11 bits per heavy atom. The van der Waals surface area contributed by atoms with Gasteiger partial charge in [-0.05, 0) is 13.8 Å². The van der Waals surface area contributed by atoms with Gasteiger partial charge in [0.15, 0.2) is 0 Å². The van der Waals surface area contributed by atoms with Crippen molar-refractivity contribution in [2.24, 2.45) is 0 Å². The Balaban J connectivity index is 1.92. The Kier molecular flexibility index (Phi) is 4.49. The maximum Gasteiger partial charge on any atom is 0.316 e. The minimum absolute atomic E-state index is 0.0602. The first-order chi connectivity index (χ1) is 9.04. The van der Waals surface area contributed by atoms with Crippen molar-refractivity contribution in [3.63, 3.8) is 0 Å². The van der Waals surface area contributed by atoms with Crippen LogP contribution in [0.4, 0.5) is 6.01 Å². The molecule has 2 heterocycles. The number of hydrogen-bond acceptors (Lipinski definition) is 7. The van der Waals surface area contributed by atoms with Crippen LogP contribution in [0, 0.1) is 6.92 Å². The van der Waals surface area contributed by atoms with Gasteiger partial charge >= 0.3 is 6.01 Å². The fraction of sp³-hybridized carbons (Fsp3) is 0.583. The van der Waals surface area contributed by atoms with E-state index in [9.17, 15) is 0 Å². The summed E-state index contributed by atoms with van der Waals surface area (Å²) in [4.78, 5) is 5.52. The molecule has 0 aliphatic carbocycles. The van der Waals surface area contributed by atoms with Crippen LogP contribution in [0.5, 0.6) is 0 Å². The lowest BCUT2D eigenvalue weighted by molar-refractivity contribution is 0.456. The van der Waals surface area contributed by atoms with E-state index in [0.717, 1.165) is 5.01 Å². The van der Waals surface area contributed by atoms with Crippen LogP contribution in [0.1, 0.15) is 42.6 Å². The Bertz CT molecular complexity index is 522. The average Bonchev–Trinajstić information content (AvgIpc) is 2.95. The standard InChI is InChI=1S/C12H19N5OS/c1-7(2)13-6-10-16-17-12(18-10)15-9(4)11-14-5-8(3)19-11/h5,7,9,13H,6H2,1-4H3,(H,15,17).